The van der Waals surface area contributed by atoms with Gasteiger partial charge in [-0.2, -0.15) is 4.39 Å². The summed E-state index contributed by atoms with van der Waals surface area (Å²) in [6, 6.07) is 3.81. The number of nitro groups is 1. The van der Waals surface area contributed by atoms with Gasteiger partial charge in [0.2, 0.25) is 5.82 Å². The third kappa shape index (κ3) is 1.88. The summed E-state index contributed by atoms with van der Waals surface area (Å²) in [6.07, 6.45) is 0. The first-order valence-electron chi connectivity index (χ1n) is 3.94. The maximum absolute atomic E-state index is 13.4. The minimum Gasteiger partial charge on any atom is -0.396 e. The molecule has 1 unspecified atom stereocenters. The zero-order valence-electron chi connectivity index (χ0n) is 7.31. The molecule has 0 saturated carbocycles. The minimum absolute atomic E-state index is 0.0571. The lowest BCUT2D eigenvalue weighted by Gasteiger charge is -2.08. The lowest BCUT2D eigenvalue weighted by atomic mass is 10.0. The molecule has 0 aliphatic carbocycles. The second-order valence-electron chi connectivity index (χ2n) is 2.82. The average molecular weight is 198 g/mol. The highest BCUT2D eigenvalue weighted by atomic mass is 19.1. The van der Waals surface area contributed by atoms with Gasteiger partial charge in [-0.25, -0.2) is 0 Å². The molecule has 1 N–H and O–H groups in total. The number of nitrogens with zero attached hydrogens (tertiary/aromatic N) is 1. The van der Waals surface area contributed by atoms with Gasteiger partial charge in [0.05, 0.1) is 11.5 Å². The second-order valence-corrected chi connectivity index (χ2v) is 2.82. The van der Waals surface area contributed by atoms with Crippen LogP contribution in [0.2, 0.25) is 0 Å². The summed E-state index contributed by atoms with van der Waals surface area (Å²) in [4.78, 5) is 9.56. The Morgan fingerprint density at radius 1 is 1.64 bits per heavy atom. The van der Waals surface area contributed by atoms with E-state index < -0.39 is 22.3 Å². The SMILES string of the molecule is [CH2]C(CO)c1cccc([N+](=O)[O-])c1F. The van der Waals surface area contributed by atoms with E-state index in [4.69, 9.17) is 5.11 Å². The summed E-state index contributed by atoms with van der Waals surface area (Å²) >= 11 is 0. The predicted octanol–water partition coefficient (Wildman–Crippen LogP) is 1.64. The van der Waals surface area contributed by atoms with E-state index in [1.165, 1.54) is 12.1 Å². The van der Waals surface area contributed by atoms with Crippen LogP contribution in [0.15, 0.2) is 18.2 Å². The third-order valence-electron chi connectivity index (χ3n) is 1.87. The molecule has 4 nitrogen and oxygen atoms in total. The molecule has 0 amide bonds. The molecule has 5 heteroatoms. The van der Waals surface area contributed by atoms with Crippen molar-refractivity contribution in [3.63, 3.8) is 0 Å². The van der Waals surface area contributed by atoms with Crippen LogP contribution in [0.4, 0.5) is 10.1 Å². The Labute approximate surface area is 80.1 Å². The Morgan fingerprint density at radius 2 is 2.29 bits per heavy atom. The fraction of sp³-hybridized carbons (Fsp3) is 0.222. The quantitative estimate of drug-likeness (QED) is 0.593. The molecule has 0 heterocycles. The van der Waals surface area contributed by atoms with Crippen LogP contribution < -0.4 is 0 Å². The zero-order chi connectivity index (χ0) is 10.7. The van der Waals surface area contributed by atoms with Crippen molar-refractivity contribution in [2.75, 3.05) is 6.61 Å². The molecule has 1 aromatic rings. The van der Waals surface area contributed by atoms with Crippen molar-refractivity contribution in [3.8, 4) is 0 Å². The molecule has 1 radical (unpaired) electrons. The average Bonchev–Trinajstić information content (AvgIpc) is 2.16. The third-order valence-corrected chi connectivity index (χ3v) is 1.87. The van der Waals surface area contributed by atoms with Gasteiger partial charge in [0.25, 0.3) is 0 Å². The Bertz CT molecular complexity index is 354. The molecule has 0 spiro atoms. The molecule has 1 atom stereocenters. The number of benzene rings is 1. The first-order valence-corrected chi connectivity index (χ1v) is 3.94. The van der Waals surface area contributed by atoms with Crippen LogP contribution >= 0.6 is 0 Å². The maximum Gasteiger partial charge on any atom is 0.305 e. The fourth-order valence-electron chi connectivity index (χ4n) is 1.09. The summed E-state index contributed by atoms with van der Waals surface area (Å²) in [5, 5.41) is 19.1. The first kappa shape index (κ1) is 10.6. The molecule has 1 aromatic carbocycles. The van der Waals surface area contributed by atoms with Crippen LogP contribution in [0.1, 0.15) is 11.5 Å². The maximum atomic E-state index is 13.4. The van der Waals surface area contributed by atoms with Gasteiger partial charge in [0.15, 0.2) is 0 Å². The molecule has 0 aromatic heterocycles. The lowest BCUT2D eigenvalue weighted by molar-refractivity contribution is -0.387. The van der Waals surface area contributed by atoms with Crippen molar-refractivity contribution in [1.29, 1.82) is 0 Å². The Hall–Kier alpha value is -1.49. The van der Waals surface area contributed by atoms with E-state index in [0.717, 1.165) is 6.07 Å². The summed E-state index contributed by atoms with van der Waals surface area (Å²) in [5.41, 5.74) is -0.536. The van der Waals surface area contributed by atoms with Crippen molar-refractivity contribution in [3.05, 3.63) is 46.6 Å². The number of aliphatic hydroxyl groups is 1. The monoisotopic (exact) mass is 198 g/mol. The van der Waals surface area contributed by atoms with Crippen LogP contribution in [0, 0.1) is 22.9 Å². The standard InChI is InChI=1S/C9H9FNO3/c1-6(5-12)7-3-2-4-8(9(7)10)11(13)14/h2-4,6,12H,1,5H2. The topological polar surface area (TPSA) is 63.4 Å². The zero-order valence-corrected chi connectivity index (χ0v) is 7.31. The van der Waals surface area contributed by atoms with Gasteiger partial charge in [-0.05, 0) is 6.92 Å². The van der Waals surface area contributed by atoms with E-state index >= 15 is 0 Å². The highest BCUT2D eigenvalue weighted by Gasteiger charge is 2.19. The number of rotatable bonds is 3. The van der Waals surface area contributed by atoms with Gasteiger partial charge in [-0.15, -0.1) is 0 Å². The predicted molar refractivity (Wildman–Crippen MR) is 48.2 cm³/mol. The fourth-order valence-corrected chi connectivity index (χ4v) is 1.09. The van der Waals surface area contributed by atoms with E-state index in [9.17, 15) is 14.5 Å². The molecule has 0 saturated heterocycles. The molecule has 0 fully saturated rings. The molecular formula is C9H9FNO3. The van der Waals surface area contributed by atoms with Gasteiger partial charge in [0, 0.05) is 17.5 Å². The van der Waals surface area contributed by atoms with E-state index in [-0.39, 0.29) is 12.2 Å². The number of halogens is 1. The van der Waals surface area contributed by atoms with Crippen LogP contribution in [0.5, 0.6) is 0 Å². The molecule has 0 aliphatic heterocycles. The first-order chi connectivity index (χ1) is 6.57. The largest absolute Gasteiger partial charge is 0.396 e. The van der Waals surface area contributed by atoms with E-state index in [2.05, 4.69) is 6.92 Å². The molecule has 1 rings (SSSR count). The van der Waals surface area contributed by atoms with Crippen molar-refractivity contribution in [2.45, 2.75) is 5.92 Å². The molecular weight excluding hydrogens is 189 g/mol. The van der Waals surface area contributed by atoms with Gasteiger partial charge < -0.3 is 5.11 Å². The normalized spacial score (nSPS) is 12.5. The van der Waals surface area contributed by atoms with E-state index in [0.29, 0.717) is 0 Å². The van der Waals surface area contributed by atoms with Crippen molar-refractivity contribution in [1.82, 2.24) is 0 Å². The highest BCUT2D eigenvalue weighted by Crippen LogP contribution is 2.25. The number of nitro benzene ring substituents is 1. The minimum atomic E-state index is -0.924. The Kier molecular flexibility index (Phi) is 3.14. The number of aliphatic hydroxyl groups excluding tert-OH is 1. The van der Waals surface area contributed by atoms with Crippen LogP contribution in [-0.4, -0.2) is 16.6 Å². The summed E-state index contributed by atoms with van der Waals surface area (Å²) in [6.45, 7) is 3.13. The van der Waals surface area contributed by atoms with Gasteiger partial charge in [0.1, 0.15) is 0 Å². The smallest absolute Gasteiger partial charge is 0.305 e. The van der Waals surface area contributed by atoms with Gasteiger partial charge in [-0.1, -0.05) is 12.1 Å². The number of hydrogen-bond donors (Lipinski definition) is 1. The van der Waals surface area contributed by atoms with Crippen molar-refractivity contribution < 1.29 is 14.4 Å². The molecule has 0 bridgehead atoms. The molecule has 75 valence electrons. The van der Waals surface area contributed by atoms with Crippen LogP contribution in [0.3, 0.4) is 0 Å². The van der Waals surface area contributed by atoms with Gasteiger partial charge in [-0.3, -0.25) is 10.1 Å². The van der Waals surface area contributed by atoms with Crippen molar-refractivity contribution in [2.24, 2.45) is 0 Å². The Morgan fingerprint density at radius 3 is 2.79 bits per heavy atom. The van der Waals surface area contributed by atoms with E-state index in [1.54, 1.807) is 0 Å². The lowest BCUT2D eigenvalue weighted by Crippen LogP contribution is -2.04. The number of hydrogen-bond acceptors (Lipinski definition) is 3. The van der Waals surface area contributed by atoms with Crippen LogP contribution in [0.25, 0.3) is 0 Å². The molecule has 14 heavy (non-hydrogen) atoms. The second kappa shape index (κ2) is 4.15. The van der Waals surface area contributed by atoms with Gasteiger partial charge >= 0.3 is 5.69 Å². The Balaban J connectivity index is 3.20. The summed E-state index contributed by atoms with van der Waals surface area (Å²) < 4.78 is 13.4. The summed E-state index contributed by atoms with van der Waals surface area (Å²) in [7, 11) is 0. The van der Waals surface area contributed by atoms with Crippen LogP contribution in [-0.2, 0) is 0 Å². The highest BCUT2D eigenvalue weighted by molar-refractivity contribution is 5.38. The van der Waals surface area contributed by atoms with E-state index in [1.807, 2.05) is 0 Å². The van der Waals surface area contributed by atoms with Crippen molar-refractivity contribution >= 4 is 5.69 Å². The summed E-state index contributed by atoms with van der Waals surface area (Å²) in [5.74, 6) is -1.61. The molecule has 0 aliphatic rings.